The first-order chi connectivity index (χ1) is 6.35. The zero-order chi connectivity index (χ0) is 9.94. The summed E-state index contributed by atoms with van der Waals surface area (Å²) in [5.41, 5.74) is 0. The predicted octanol–water partition coefficient (Wildman–Crippen LogP) is 2.73. The number of hydrogen-bond donors (Lipinski definition) is 1. The highest BCUT2D eigenvalue weighted by Crippen LogP contribution is 2.08. The smallest absolute Gasteiger partial charge is 0.0671 e. The van der Waals surface area contributed by atoms with Gasteiger partial charge in [0.2, 0.25) is 0 Å². The van der Waals surface area contributed by atoms with Crippen molar-refractivity contribution in [2.75, 3.05) is 18.5 Å². The van der Waals surface area contributed by atoms with Gasteiger partial charge >= 0.3 is 0 Å². The molecule has 0 aromatic carbocycles. The summed E-state index contributed by atoms with van der Waals surface area (Å²) in [6.07, 6.45) is 5.77. The van der Waals surface area contributed by atoms with E-state index in [4.69, 9.17) is 9.84 Å². The number of halogens is 1. The summed E-state index contributed by atoms with van der Waals surface area (Å²) in [7, 11) is 0. The first-order valence-corrected chi connectivity index (χ1v) is 6.25. The molecule has 0 aliphatic heterocycles. The van der Waals surface area contributed by atoms with Crippen molar-refractivity contribution in [3.63, 3.8) is 0 Å². The first kappa shape index (κ1) is 13.4. The van der Waals surface area contributed by atoms with Crippen LogP contribution < -0.4 is 0 Å². The van der Waals surface area contributed by atoms with Gasteiger partial charge in [-0.1, -0.05) is 35.7 Å². The van der Waals surface area contributed by atoms with Gasteiger partial charge in [-0.05, 0) is 19.3 Å². The summed E-state index contributed by atoms with van der Waals surface area (Å²) in [4.78, 5) is 0. The van der Waals surface area contributed by atoms with Crippen molar-refractivity contribution in [2.24, 2.45) is 0 Å². The predicted molar refractivity (Wildman–Crippen MR) is 59.4 cm³/mol. The molecular weight excluding hydrogens is 232 g/mol. The van der Waals surface area contributed by atoms with Crippen LogP contribution in [0.4, 0.5) is 0 Å². The second kappa shape index (κ2) is 10.5. The van der Waals surface area contributed by atoms with E-state index >= 15 is 0 Å². The van der Waals surface area contributed by atoms with Crippen LogP contribution in [-0.2, 0) is 4.74 Å². The summed E-state index contributed by atoms with van der Waals surface area (Å²) in [6.45, 7) is 3.24. The van der Waals surface area contributed by atoms with Crippen LogP contribution in [0.5, 0.6) is 0 Å². The molecule has 0 heterocycles. The Bertz CT molecular complexity index is 98.9. The molecule has 0 aliphatic carbocycles. The fourth-order valence-corrected chi connectivity index (χ4v) is 1.61. The number of hydrogen-bond acceptors (Lipinski definition) is 2. The third-order valence-corrected chi connectivity index (χ3v) is 2.68. The van der Waals surface area contributed by atoms with E-state index in [0.29, 0.717) is 6.10 Å². The molecule has 3 heteroatoms. The molecule has 0 saturated heterocycles. The first-order valence-electron chi connectivity index (χ1n) is 5.13. The molecule has 0 saturated carbocycles. The van der Waals surface area contributed by atoms with Crippen molar-refractivity contribution < 1.29 is 9.84 Å². The van der Waals surface area contributed by atoms with Gasteiger partial charge in [-0.2, -0.15) is 0 Å². The van der Waals surface area contributed by atoms with E-state index in [0.717, 1.165) is 31.2 Å². The number of ether oxygens (including phenoxy) is 1. The molecule has 1 atom stereocenters. The van der Waals surface area contributed by atoms with Crippen LogP contribution in [0.15, 0.2) is 0 Å². The highest BCUT2D eigenvalue weighted by atomic mass is 79.9. The van der Waals surface area contributed by atoms with E-state index in [2.05, 4.69) is 22.9 Å². The Kier molecular flexibility index (Phi) is 10.8. The SMILES string of the molecule is CCCCC(CBr)OCCCCO. The van der Waals surface area contributed by atoms with E-state index in [9.17, 15) is 0 Å². The third-order valence-electron chi connectivity index (χ3n) is 1.96. The highest BCUT2D eigenvalue weighted by molar-refractivity contribution is 9.09. The maximum atomic E-state index is 8.57. The maximum absolute atomic E-state index is 8.57. The molecule has 13 heavy (non-hydrogen) atoms. The molecule has 0 spiro atoms. The van der Waals surface area contributed by atoms with Crippen LogP contribution in [0, 0.1) is 0 Å². The molecule has 1 unspecified atom stereocenters. The third kappa shape index (κ3) is 8.72. The van der Waals surface area contributed by atoms with E-state index in [1.807, 2.05) is 0 Å². The average Bonchev–Trinajstić information content (AvgIpc) is 2.17. The van der Waals surface area contributed by atoms with Crippen molar-refractivity contribution in [1.29, 1.82) is 0 Å². The van der Waals surface area contributed by atoms with Gasteiger partial charge in [-0.25, -0.2) is 0 Å². The molecule has 1 N–H and O–H groups in total. The minimum atomic E-state index is 0.275. The lowest BCUT2D eigenvalue weighted by Gasteiger charge is -2.14. The molecule has 0 bridgehead atoms. The van der Waals surface area contributed by atoms with Crippen LogP contribution in [0.2, 0.25) is 0 Å². The lowest BCUT2D eigenvalue weighted by atomic mass is 10.2. The number of aliphatic hydroxyl groups is 1. The zero-order valence-electron chi connectivity index (χ0n) is 8.47. The number of alkyl halides is 1. The Balaban J connectivity index is 3.25. The molecule has 2 nitrogen and oxygen atoms in total. The van der Waals surface area contributed by atoms with E-state index in [1.54, 1.807) is 0 Å². The summed E-state index contributed by atoms with van der Waals surface area (Å²) < 4.78 is 5.64. The molecule has 0 aromatic heterocycles. The number of rotatable bonds is 9. The topological polar surface area (TPSA) is 29.5 Å². The van der Waals surface area contributed by atoms with Crippen LogP contribution in [-0.4, -0.2) is 29.8 Å². The number of unbranched alkanes of at least 4 members (excludes halogenated alkanes) is 2. The summed E-state index contributed by atoms with van der Waals surface area (Å²) in [5.74, 6) is 0. The fourth-order valence-electron chi connectivity index (χ4n) is 1.10. The summed E-state index contributed by atoms with van der Waals surface area (Å²) in [5, 5.41) is 9.49. The molecular formula is C10H21BrO2. The van der Waals surface area contributed by atoms with Gasteiger partial charge in [0.25, 0.3) is 0 Å². The lowest BCUT2D eigenvalue weighted by molar-refractivity contribution is 0.0579. The molecule has 0 aromatic rings. The van der Waals surface area contributed by atoms with Gasteiger partial charge in [0, 0.05) is 18.5 Å². The van der Waals surface area contributed by atoms with Gasteiger partial charge in [-0.15, -0.1) is 0 Å². The minimum Gasteiger partial charge on any atom is -0.396 e. The van der Waals surface area contributed by atoms with Crippen molar-refractivity contribution >= 4 is 15.9 Å². The van der Waals surface area contributed by atoms with Crippen LogP contribution >= 0.6 is 15.9 Å². The largest absolute Gasteiger partial charge is 0.396 e. The van der Waals surface area contributed by atoms with Gasteiger partial charge in [0.1, 0.15) is 0 Å². The van der Waals surface area contributed by atoms with Gasteiger partial charge in [0.05, 0.1) is 6.10 Å². The van der Waals surface area contributed by atoms with Gasteiger partial charge in [-0.3, -0.25) is 0 Å². The van der Waals surface area contributed by atoms with Crippen molar-refractivity contribution in [1.82, 2.24) is 0 Å². The molecule has 0 fully saturated rings. The van der Waals surface area contributed by atoms with Crippen LogP contribution in [0.1, 0.15) is 39.0 Å². The number of aliphatic hydroxyl groups excluding tert-OH is 1. The molecule has 0 radical (unpaired) electrons. The lowest BCUT2D eigenvalue weighted by Crippen LogP contribution is -2.15. The van der Waals surface area contributed by atoms with Crippen LogP contribution in [0.3, 0.4) is 0 Å². The van der Waals surface area contributed by atoms with E-state index in [1.165, 1.54) is 12.8 Å². The standard InChI is InChI=1S/C10H21BrO2/c1-2-3-6-10(9-11)13-8-5-4-7-12/h10,12H,2-9H2,1H3. The quantitative estimate of drug-likeness (QED) is 0.505. The van der Waals surface area contributed by atoms with Crippen LogP contribution in [0.25, 0.3) is 0 Å². The summed E-state index contributed by atoms with van der Waals surface area (Å²) >= 11 is 3.44. The van der Waals surface area contributed by atoms with Gasteiger partial charge < -0.3 is 9.84 Å². The Morgan fingerprint density at radius 1 is 1.31 bits per heavy atom. The molecule has 0 aliphatic rings. The monoisotopic (exact) mass is 252 g/mol. The average molecular weight is 253 g/mol. The Morgan fingerprint density at radius 2 is 2.08 bits per heavy atom. The fraction of sp³-hybridized carbons (Fsp3) is 1.00. The Morgan fingerprint density at radius 3 is 2.62 bits per heavy atom. The maximum Gasteiger partial charge on any atom is 0.0671 e. The highest BCUT2D eigenvalue weighted by Gasteiger charge is 2.05. The van der Waals surface area contributed by atoms with E-state index in [-0.39, 0.29) is 6.61 Å². The van der Waals surface area contributed by atoms with Crippen molar-refractivity contribution in [3.8, 4) is 0 Å². The minimum absolute atomic E-state index is 0.275. The second-order valence-electron chi connectivity index (χ2n) is 3.22. The molecule has 0 rings (SSSR count). The Labute approximate surface area is 89.8 Å². The van der Waals surface area contributed by atoms with Crippen molar-refractivity contribution in [3.05, 3.63) is 0 Å². The van der Waals surface area contributed by atoms with E-state index < -0.39 is 0 Å². The Hall–Kier alpha value is 0.400. The molecule has 0 amide bonds. The zero-order valence-corrected chi connectivity index (χ0v) is 10.1. The normalized spacial score (nSPS) is 13.2. The second-order valence-corrected chi connectivity index (χ2v) is 3.87. The molecule has 80 valence electrons. The van der Waals surface area contributed by atoms with Crippen molar-refractivity contribution in [2.45, 2.75) is 45.1 Å². The van der Waals surface area contributed by atoms with Gasteiger partial charge in [0.15, 0.2) is 0 Å². The summed E-state index contributed by atoms with van der Waals surface area (Å²) in [6, 6.07) is 0.